The summed E-state index contributed by atoms with van der Waals surface area (Å²) in [6.07, 6.45) is 1.36. The number of carbonyl (C=O) groups is 2. The molecule has 1 amide bonds. The molecule has 0 rings (SSSR count). The van der Waals surface area contributed by atoms with E-state index in [1.807, 2.05) is 0 Å². The minimum absolute atomic E-state index is 0.0499. The maximum absolute atomic E-state index is 10.8. The van der Waals surface area contributed by atoms with Crippen molar-refractivity contribution in [3.8, 4) is 0 Å². The van der Waals surface area contributed by atoms with Crippen molar-refractivity contribution in [1.29, 1.82) is 0 Å². The molecule has 0 spiro atoms. The Morgan fingerprint density at radius 3 is 2.70 bits per heavy atom. The molecule has 0 aliphatic heterocycles. The molecule has 0 unspecified atom stereocenters. The van der Waals surface area contributed by atoms with E-state index in [2.05, 4.69) is 20.5 Å². The van der Waals surface area contributed by atoms with E-state index in [1.54, 1.807) is 6.92 Å². The van der Waals surface area contributed by atoms with Crippen LogP contribution in [0.5, 0.6) is 0 Å². The molecular formula is C11H22N4O5. The van der Waals surface area contributed by atoms with Crippen LogP contribution in [0.15, 0.2) is 4.99 Å². The number of carbonyl (C=O) groups excluding carboxylic acids is 2. The number of rotatable bonds is 8. The van der Waals surface area contributed by atoms with Gasteiger partial charge in [-0.05, 0) is 26.2 Å². The third-order valence-electron chi connectivity index (χ3n) is 2.42. The highest BCUT2D eigenvalue weighted by molar-refractivity contribution is 5.79. The predicted molar refractivity (Wildman–Crippen MR) is 72.1 cm³/mol. The number of nitrogens with two attached hydrogens (primary N) is 1. The number of amides is 1. The van der Waals surface area contributed by atoms with Crippen molar-refractivity contribution < 1.29 is 24.5 Å². The second-order valence-electron chi connectivity index (χ2n) is 3.99. The van der Waals surface area contributed by atoms with Crippen molar-refractivity contribution in [2.45, 2.75) is 32.2 Å². The van der Waals surface area contributed by atoms with E-state index >= 15 is 0 Å². The molecule has 0 radical (unpaired) electrons. The van der Waals surface area contributed by atoms with Gasteiger partial charge in [0.15, 0.2) is 6.73 Å². The van der Waals surface area contributed by atoms with Gasteiger partial charge in [0.1, 0.15) is 6.04 Å². The summed E-state index contributed by atoms with van der Waals surface area (Å²) < 4.78 is 4.69. The fraction of sp³-hybridized carbons (Fsp3) is 0.727. The van der Waals surface area contributed by atoms with Crippen LogP contribution >= 0.6 is 0 Å². The number of nitrogens with zero attached hydrogens (tertiary/aromatic N) is 1. The monoisotopic (exact) mass is 290 g/mol. The summed E-state index contributed by atoms with van der Waals surface area (Å²) >= 11 is 0. The Hall–Kier alpha value is -1.87. The molecule has 0 aliphatic rings. The number of alkyl carbamates (subject to hydrolysis) is 1. The van der Waals surface area contributed by atoms with Crippen LogP contribution in [0.4, 0.5) is 4.79 Å². The molecular weight excluding hydrogens is 268 g/mol. The summed E-state index contributed by atoms with van der Waals surface area (Å²) in [5.41, 5.74) is 5.44. The van der Waals surface area contributed by atoms with Crippen LogP contribution in [0.1, 0.15) is 26.2 Å². The first-order chi connectivity index (χ1) is 9.51. The normalized spacial score (nSPS) is 12.5. The molecule has 116 valence electrons. The van der Waals surface area contributed by atoms with E-state index in [1.165, 1.54) is 7.05 Å². The Balaban J connectivity index is 3.61. The Morgan fingerprint density at radius 2 is 2.10 bits per heavy atom. The summed E-state index contributed by atoms with van der Waals surface area (Å²) in [6, 6.07) is -0.810. The lowest BCUT2D eigenvalue weighted by atomic mass is 10.1. The third kappa shape index (κ3) is 9.11. The average molecular weight is 290 g/mol. The van der Waals surface area contributed by atoms with E-state index < -0.39 is 18.1 Å². The number of ether oxygens (including phenoxy) is 1. The number of nitrogens with one attached hydrogen (secondary N) is 2. The third-order valence-corrected chi connectivity index (χ3v) is 2.42. The van der Waals surface area contributed by atoms with Crippen molar-refractivity contribution >= 4 is 17.9 Å². The van der Waals surface area contributed by atoms with E-state index in [0.29, 0.717) is 25.2 Å². The topological polar surface area (TPSA) is 135 Å². The Bertz CT molecular complexity index is 335. The molecule has 0 heterocycles. The minimum Gasteiger partial charge on any atom is -0.426 e. The fourth-order valence-corrected chi connectivity index (χ4v) is 1.26. The molecule has 0 aliphatic carbocycles. The quantitative estimate of drug-likeness (QED) is 0.160. The number of unbranched alkanes of at least 4 members (excludes halogenated alkanes) is 1. The van der Waals surface area contributed by atoms with Gasteiger partial charge in [-0.3, -0.25) is 4.89 Å². The lowest BCUT2D eigenvalue weighted by Crippen LogP contribution is -2.31. The van der Waals surface area contributed by atoms with Crippen LogP contribution in [0.25, 0.3) is 0 Å². The minimum atomic E-state index is -0.831. The van der Waals surface area contributed by atoms with Gasteiger partial charge in [-0.1, -0.05) is 0 Å². The van der Waals surface area contributed by atoms with Gasteiger partial charge in [-0.25, -0.2) is 14.6 Å². The van der Waals surface area contributed by atoms with E-state index in [-0.39, 0.29) is 6.73 Å². The zero-order valence-corrected chi connectivity index (χ0v) is 11.7. The molecule has 0 saturated heterocycles. The highest BCUT2D eigenvalue weighted by atomic mass is 17.1. The van der Waals surface area contributed by atoms with Gasteiger partial charge in [-0.2, -0.15) is 5.26 Å². The van der Waals surface area contributed by atoms with Gasteiger partial charge in [0.05, 0.1) is 5.84 Å². The average Bonchev–Trinajstić information content (AvgIpc) is 2.45. The van der Waals surface area contributed by atoms with Crippen molar-refractivity contribution in [3.63, 3.8) is 0 Å². The molecule has 0 aromatic carbocycles. The molecule has 20 heavy (non-hydrogen) atoms. The van der Waals surface area contributed by atoms with Gasteiger partial charge >= 0.3 is 12.1 Å². The number of amidine groups is 1. The zero-order valence-electron chi connectivity index (χ0n) is 11.7. The molecule has 0 saturated carbocycles. The molecule has 0 aromatic rings. The van der Waals surface area contributed by atoms with E-state index in [9.17, 15) is 9.59 Å². The van der Waals surface area contributed by atoms with Crippen LogP contribution < -0.4 is 16.4 Å². The Kier molecular flexibility index (Phi) is 9.97. The highest BCUT2D eigenvalue weighted by Crippen LogP contribution is 1.99. The second-order valence-corrected chi connectivity index (χ2v) is 3.99. The standard InChI is InChI=1S/C11H22N4O5/c1-8(15-7-19-11(17)13-2)14-6-4-3-5-9(12)10(16)20-18/h9,18H,3-7,12H2,1-2H3,(H,13,17)(H,14,15)/t9-/m0/s1. The first-order valence-corrected chi connectivity index (χ1v) is 6.21. The zero-order chi connectivity index (χ0) is 15.4. The number of hydrogen-bond acceptors (Lipinski definition) is 7. The fourth-order valence-electron chi connectivity index (χ4n) is 1.26. The largest absolute Gasteiger partial charge is 0.426 e. The van der Waals surface area contributed by atoms with Gasteiger partial charge in [0.2, 0.25) is 0 Å². The highest BCUT2D eigenvalue weighted by Gasteiger charge is 2.13. The summed E-state index contributed by atoms with van der Waals surface area (Å²) in [5.74, 6) is -0.185. The maximum atomic E-state index is 10.8. The van der Waals surface area contributed by atoms with Crippen molar-refractivity contribution in [2.24, 2.45) is 10.7 Å². The Labute approximate surface area is 117 Å². The first-order valence-electron chi connectivity index (χ1n) is 6.21. The summed E-state index contributed by atoms with van der Waals surface area (Å²) in [4.78, 5) is 29.1. The molecule has 0 fully saturated rings. The van der Waals surface area contributed by atoms with Crippen molar-refractivity contribution in [3.05, 3.63) is 0 Å². The van der Waals surface area contributed by atoms with Gasteiger partial charge in [0.25, 0.3) is 0 Å². The molecule has 5 N–H and O–H groups in total. The number of hydrogen-bond donors (Lipinski definition) is 4. The molecule has 1 atom stereocenters. The van der Waals surface area contributed by atoms with Gasteiger partial charge in [-0.15, -0.1) is 0 Å². The van der Waals surface area contributed by atoms with Crippen molar-refractivity contribution in [1.82, 2.24) is 10.6 Å². The number of aliphatic imine (C=N–C) groups is 1. The maximum Gasteiger partial charge on any atom is 0.408 e. The smallest absolute Gasteiger partial charge is 0.408 e. The van der Waals surface area contributed by atoms with Crippen LogP contribution in [0.3, 0.4) is 0 Å². The van der Waals surface area contributed by atoms with Crippen LogP contribution in [-0.2, 0) is 14.4 Å². The Morgan fingerprint density at radius 1 is 1.40 bits per heavy atom. The van der Waals surface area contributed by atoms with Crippen LogP contribution in [-0.4, -0.2) is 49.5 Å². The summed E-state index contributed by atoms with van der Waals surface area (Å²) in [6.45, 7) is 2.35. The van der Waals surface area contributed by atoms with E-state index in [0.717, 1.165) is 6.42 Å². The molecule has 9 heteroatoms. The SMILES string of the molecule is CNC(=O)OCN=C(C)NCCCC[C@H](N)C(=O)OO. The lowest BCUT2D eigenvalue weighted by Gasteiger charge is -2.08. The second kappa shape index (κ2) is 11.0. The molecule has 9 nitrogen and oxygen atoms in total. The van der Waals surface area contributed by atoms with Crippen molar-refractivity contribution in [2.75, 3.05) is 20.3 Å². The summed E-state index contributed by atoms with van der Waals surface area (Å²) in [5, 5.41) is 13.5. The first kappa shape index (κ1) is 18.1. The van der Waals surface area contributed by atoms with Crippen LogP contribution in [0, 0.1) is 0 Å². The van der Waals surface area contributed by atoms with Crippen LogP contribution in [0.2, 0.25) is 0 Å². The molecule has 0 aromatic heterocycles. The van der Waals surface area contributed by atoms with Gasteiger partial charge in [0, 0.05) is 13.6 Å². The van der Waals surface area contributed by atoms with Gasteiger partial charge < -0.3 is 21.1 Å². The molecule has 0 bridgehead atoms. The predicted octanol–water partition coefficient (Wildman–Crippen LogP) is -0.178. The summed E-state index contributed by atoms with van der Waals surface area (Å²) in [7, 11) is 1.47. The lowest BCUT2D eigenvalue weighted by molar-refractivity contribution is -0.235. The van der Waals surface area contributed by atoms with E-state index in [4.69, 9.17) is 15.7 Å².